The molecule has 2 aromatic carbocycles. The molecule has 0 heterocycles. The van der Waals surface area contributed by atoms with E-state index in [0.717, 1.165) is 16.5 Å². The molecule has 29 heavy (non-hydrogen) atoms. The van der Waals surface area contributed by atoms with Crippen molar-refractivity contribution in [3.63, 3.8) is 0 Å². The number of halogens is 1. The smallest absolute Gasteiger partial charge is 0.307 e. The molecule has 2 aromatic rings. The van der Waals surface area contributed by atoms with Crippen molar-refractivity contribution < 1.29 is 19.1 Å². The van der Waals surface area contributed by atoms with Crippen LogP contribution in [0.15, 0.2) is 53.0 Å². The lowest BCUT2D eigenvalue weighted by Gasteiger charge is -2.19. The number of esters is 1. The van der Waals surface area contributed by atoms with Gasteiger partial charge in [-0.25, -0.2) is 0 Å². The van der Waals surface area contributed by atoms with Crippen LogP contribution in [0, 0.1) is 11.8 Å². The minimum atomic E-state index is -0.534. The predicted molar refractivity (Wildman–Crippen MR) is 113 cm³/mol. The van der Waals surface area contributed by atoms with Crippen molar-refractivity contribution in [3.05, 3.63) is 64.1 Å². The van der Waals surface area contributed by atoms with Crippen molar-refractivity contribution in [2.45, 2.75) is 25.8 Å². The van der Waals surface area contributed by atoms with Gasteiger partial charge in [0.15, 0.2) is 0 Å². The van der Waals surface area contributed by atoms with E-state index in [1.165, 1.54) is 7.11 Å². The number of rotatable bonds is 7. The molecule has 7 heteroatoms. The van der Waals surface area contributed by atoms with Gasteiger partial charge in [-0.15, -0.1) is 0 Å². The van der Waals surface area contributed by atoms with Crippen LogP contribution in [-0.4, -0.2) is 24.9 Å². The average molecular weight is 459 g/mol. The van der Waals surface area contributed by atoms with E-state index < -0.39 is 12.0 Å². The quantitative estimate of drug-likeness (QED) is 0.612. The molecule has 6 nitrogen and oxygen atoms in total. The van der Waals surface area contributed by atoms with E-state index in [0.29, 0.717) is 17.2 Å². The molecule has 3 unspecified atom stereocenters. The normalized spacial score (nSPS) is 18.4. The van der Waals surface area contributed by atoms with E-state index in [1.807, 2.05) is 31.2 Å². The molecule has 1 aliphatic carbocycles. The highest BCUT2D eigenvalue weighted by Crippen LogP contribution is 2.38. The van der Waals surface area contributed by atoms with Crippen LogP contribution < -0.4 is 10.6 Å². The highest BCUT2D eigenvalue weighted by molar-refractivity contribution is 9.10. The molecule has 1 saturated carbocycles. The largest absolute Gasteiger partial charge is 0.469 e. The number of ether oxygens (including phenoxy) is 1. The first-order chi connectivity index (χ1) is 13.9. The summed E-state index contributed by atoms with van der Waals surface area (Å²) in [4.78, 5) is 36.8. The Labute approximate surface area is 178 Å². The van der Waals surface area contributed by atoms with Gasteiger partial charge in [-0.3, -0.25) is 14.4 Å². The summed E-state index contributed by atoms with van der Waals surface area (Å²) in [5.74, 6) is -0.315. The zero-order chi connectivity index (χ0) is 21.0. The Hall–Kier alpha value is -2.67. The van der Waals surface area contributed by atoms with Crippen molar-refractivity contribution in [1.82, 2.24) is 5.32 Å². The number of hydrogen-bond acceptors (Lipinski definition) is 4. The van der Waals surface area contributed by atoms with Crippen LogP contribution in [-0.2, 0) is 14.3 Å². The molecule has 1 aliphatic rings. The van der Waals surface area contributed by atoms with E-state index >= 15 is 0 Å². The van der Waals surface area contributed by atoms with Crippen LogP contribution in [0.25, 0.3) is 0 Å². The molecular formula is C22H23BrN2O4. The Morgan fingerprint density at radius 1 is 1.17 bits per heavy atom. The van der Waals surface area contributed by atoms with Gasteiger partial charge < -0.3 is 15.4 Å². The van der Waals surface area contributed by atoms with Crippen molar-refractivity contribution in [1.29, 1.82) is 0 Å². The van der Waals surface area contributed by atoms with E-state index in [9.17, 15) is 14.4 Å². The highest BCUT2D eigenvalue weighted by atomic mass is 79.9. The summed E-state index contributed by atoms with van der Waals surface area (Å²) in [6.07, 6.45) is 0.911. The van der Waals surface area contributed by atoms with Crippen LogP contribution >= 0.6 is 15.9 Å². The van der Waals surface area contributed by atoms with Crippen molar-refractivity contribution in [2.24, 2.45) is 11.8 Å². The number of carbonyl (C=O) groups is 3. The highest BCUT2D eigenvalue weighted by Gasteiger charge is 2.39. The van der Waals surface area contributed by atoms with Crippen LogP contribution in [0.5, 0.6) is 0 Å². The SMILES string of the molecule is COC(=O)CC(NC(=O)c1cccc(NC(=O)C2CC2C)c1)c1ccc(Br)cc1. The number of carbonyl (C=O) groups excluding carboxylic acids is 3. The molecule has 152 valence electrons. The Kier molecular flexibility index (Phi) is 6.69. The average Bonchev–Trinajstić information content (AvgIpc) is 3.45. The lowest BCUT2D eigenvalue weighted by Crippen LogP contribution is -2.30. The fourth-order valence-electron chi connectivity index (χ4n) is 3.10. The first-order valence-electron chi connectivity index (χ1n) is 9.41. The first kappa shape index (κ1) is 21.0. The van der Waals surface area contributed by atoms with Gasteiger partial charge in [-0.1, -0.05) is 41.1 Å². The van der Waals surface area contributed by atoms with Crippen LogP contribution in [0.1, 0.15) is 41.7 Å². The van der Waals surface area contributed by atoms with Crippen molar-refractivity contribution in [3.8, 4) is 0 Å². The van der Waals surface area contributed by atoms with Gasteiger partial charge in [0.05, 0.1) is 19.6 Å². The standard InChI is InChI=1S/C22H23BrN2O4/c1-13-10-18(13)22(28)24-17-5-3-4-15(11-17)21(27)25-19(12-20(26)29-2)14-6-8-16(23)9-7-14/h3-9,11,13,18-19H,10,12H2,1-2H3,(H,24,28)(H,25,27). The molecule has 0 bridgehead atoms. The molecule has 0 saturated heterocycles. The Bertz CT molecular complexity index is 913. The second kappa shape index (κ2) is 9.22. The van der Waals surface area contributed by atoms with Gasteiger partial charge in [-0.2, -0.15) is 0 Å². The molecular weight excluding hydrogens is 436 g/mol. The predicted octanol–water partition coefficient (Wildman–Crippen LogP) is 4.08. The summed E-state index contributed by atoms with van der Waals surface area (Å²) in [5.41, 5.74) is 1.77. The molecule has 1 fully saturated rings. The Balaban J connectivity index is 1.73. The minimum Gasteiger partial charge on any atom is -0.469 e. The van der Waals surface area contributed by atoms with E-state index in [4.69, 9.17) is 4.74 Å². The third-order valence-electron chi connectivity index (χ3n) is 5.01. The van der Waals surface area contributed by atoms with E-state index in [1.54, 1.807) is 24.3 Å². The topological polar surface area (TPSA) is 84.5 Å². The van der Waals surface area contributed by atoms with Crippen LogP contribution in [0.4, 0.5) is 5.69 Å². The molecule has 2 amide bonds. The minimum absolute atomic E-state index is 0.0138. The summed E-state index contributed by atoms with van der Waals surface area (Å²) in [6, 6.07) is 13.6. The molecule has 0 spiro atoms. The monoisotopic (exact) mass is 458 g/mol. The maximum atomic E-state index is 12.8. The number of benzene rings is 2. The van der Waals surface area contributed by atoms with Crippen LogP contribution in [0.3, 0.4) is 0 Å². The summed E-state index contributed by atoms with van der Waals surface area (Å²) < 4.78 is 5.67. The number of nitrogens with one attached hydrogen (secondary N) is 2. The van der Waals surface area contributed by atoms with E-state index in [2.05, 4.69) is 26.6 Å². The number of anilines is 1. The maximum absolute atomic E-state index is 12.8. The van der Waals surface area contributed by atoms with Gasteiger partial charge in [0, 0.05) is 21.6 Å². The van der Waals surface area contributed by atoms with Crippen molar-refractivity contribution in [2.75, 3.05) is 12.4 Å². The van der Waals surface area contributed by atoms with Gasteiger partial charge in [0.25, 0.3) is 5.91 Å². The summed E-state index contributed by atoms with van der Waals surface area (Å²) in [7, 11) is 1.32. The Morgan fingerprint density at radius 3 is 2.48 bits per heavy atom. The molecule has 0 aliphatic heterocycles. The van der Waals surface area contributed by atoms with Gasteiger partial charge in [0.2, 0.25) is 5.91 Å². The second-order valence-corrected chi connectivity index (χ2v) is 8.16. The first-order valence-corrected chi connectivity index (χ1v) is 10.2. The zero-order valence-corrected chi connectivity index (χ0v) is 17.9. The summed E-state index contributed by atoms with van der Waals surface area (Å²) in [6.45, 7) is 2.04. The Morgan fingerprint density at radius 2 is 1.86 bits per heavy atom. The summed E-state index contributed by atoms with van der Waals surface area (Å²) in [5, 5.41) is 5.75. The number of hydrogen-bond donors (Lipinski definition) is 2. The lowest BCUT2D eigenvalue weighted by molar-refractivity contribution is -0.141. The maximum Gasteiger partial charge on any atom is 0.307 e. The lowest BCUT2D eigenvalue weighted by atomic mass is 10.0. The number of methoxy groups -OCH3 is 1. The molecule has 3 atom stereocenters. The third kappa shape index (κ3) is 5.67. The fourth-order valence-corrected chi connectivity index (χ4v) is 3.36. The van der Waals surface area contributed by atoms with Gasteiger partial charge >= 0.3 is 5.97 Å². The van der Waals surface area contributed by atoms with Crippen molar-refractivity contribution >= 4 is 39.4 Å². The molecule has 0 aromatic heterocycles. The van der Waals surface area contributed by atoms with Crippen LogP contribution in [0.2, 0.25) is 0 Å². The second-order valence-electron chi connectivity index (χ2n) is 7.25. The van der Waals surface area contributed by atoms with Gasteiger partial charge in [-0.05, 0) is 48.2 Å². The molecule has 0 radical (unpaired) electrons. The molecule has 2 N–H and O–H groups in total. The molecule has 3 rings (SSSR count). The van der Waals surface area contributed by atoms with E-state index in [-0.39, 0.29) is 24.2 Å². The third-order valence-corrected chi connectivity index (χ3v) is 5.54. The zero-order valence-electron chi connectivity index (χ0n) is 16.3. The fraction of sp³-hybridized carbons (Fsp3) is 0.318. The summed E-state index contributed by atoms with van der Waals surface area (Å²) >= 11 is 3.38. The van der Waals surface area contributed by atoms with Gasteiger partial charge in [0.1, 0.15) is 0 Å². The number of amides is 2.